The highest BCUT2D eigenvalue weighted by Gasteiger charge is 2.22. The van der Waals surface area contributed by atoms with E-state index >= 15 is 0 Å². The summed E-state index contributed by atoms with van der Waals surface area (Å²) in [4.78, 5) is 11.8. The van der Waals surface area contributed by atoms with E-state index < -0.39 is 21.3 Å². The van der Waals surface area contributed by atoms with Crippen LogP contribution in [-0.4, -0.2) is 31.6 Å². The first kappa shape index (κ1) is 17.4. The summed E-state index contributed by atoms with van der Waals surface area (Å²) in [6.45, 7) is 3.74. The normalized spacial score (nSPS) is 12.5. The first-order valence-electron chi connectivity index (χ1n) is 6.81. The Kier molecular flexibility index (Phi) is 6.11. The molecule has 0 aliphatic carbocycles. The zero-order valence-electron chi connectivity index (χ0n) is 12.2. The van der Waals surface area contributed by atoms with Crippen molar-refractivity contribution in [3.05, 3.63) is 41.8 Å². The van der Waals surface area contributed by atoms with E-state index in [1.54, 1.807) is 18.2 Å². The van der Waals surface area contributed by atoms with E-state index in [1.165, 1.54) is 12.1 Å². The molecule has 5 nitrogen and oxygen atoms in total. The molecule has 0 unspecified atom stereocenters. The SMILES string of the molecule is CCC(O)(CC)CNC(=O)C=CS(=O)(=O)c1ccccc1. The van der Waals surface area contributed by atoms with Gasteiger partial charge in [0.2, 0.25) is 5.91 Å². The van der Waals surface area contributed by atoms with Crippen LogP contribution >= 0.6 is 0 Å². The Bertz CT molecular complexity index is 589. The molecule has 0 saturated heterocycles. The molecular weight excluding hydrogens is 290 g/mol. The number of rotatable bonds is 7. The highest BCUT2D eigenvalue weighted by Crippen LogP contribution is 2.13. The fourth-order valence-electron chi connectivity index (χ4n) is 1.65. The molecule has 0 spiro atoms. The van der Waals surface area contributed by atoms with E-state index in [4.69, 9.17) is 0 Å². The Morgan fingerprint density at radius 2 is 1.81 bits per heavy atom. The lowest BCUT2D eigenvalue weighted by atomic mass is 9.98. The molecule has 0 bridgehead atoms. The first-order chi connectivity index (χ1) is 9.83. The van der Waals surface area contributed by atoms with E-state index in [0.717, 1.165) is 11.5 Å². The Morgan fingerprint density at radius 1 is 1.24 bits per heavy atom. The van der Waals surface area contributed by atoms with Gasteiger partial charge in [0.15, 0.2) is 9.84 Å². The summed E-state index contributed by atoms with van der Waals surface area (Å²) in [5.74, 6) is -0.546. The van der Waals surface area contributed by atoms with Gasteiger partial charge in [-0.1, -0.05) is 32.0 Å². The third-order valence-corrected chi connectivity index (χ3v) is 4.80. The Morgan fingerprint density at radius 3 is 2.33 bits per heavy atom. The summed E-state index contributed by atoms with van der Waals surface area (Å²) in [5.41, 5.74) is -0.957. The van der Waals surface area contributed by atoms with Gasteiger partial charge < -0.3 is 10.4 Å². The second-order valence-electron chi connectivity index (χ2n) is 4.81. The predicted octanol–water partition coefficient (Wildman–Crippen LogP) is 1.64. The molecule has 0 saturated carbocycles. The van der Waals surface area contributed by atoms with Crippen molar-refractivity contribution in [2.24, 2.45) is 0 Å². The molecule has 2 N–H and O–H groups in total. The summed E-state index contributed by atoms with van der Waals surface area (Å²) >= 11 is 0. The third kappa shape index (κ3) is 5.32. The number of amides is 1. The number of carbonyl (C=O) groups is 1. The number of hydrogen-bond acceptors (Lipinski definition) is 4. The maximum Gasteiger partial charge on any atom is 0.244 e. The Labute approximate surface area is 125 Å². The van der Waals surface area contributed by atoms with Gasteiger partial charge in [-0.05, 0) is 25.0 Å². The topological polar surface area (TPSA) is 83.5 Å². The molecular formula is C15H21NO4S. The van der Waals surface area contributed by atoms with Gasteiger partial charge in [0.05, 0.1) is 10.5 Å². The van der Waals surface area contributed by atoms with Crippen LogP contribution in [0.1, 0.15) is 26.7 Å². The third-order valence-electron chi connectivity index (χ3n) is 3.38. The maximum absolute atomic E-state index is 11.9. The van der Waals surface area contributed by atoms with Gasteiger partial charge in [0.1, 0.15) is 0 Å². The van der Waals surface area contributed by atoms with Crippen molar-refractivity contribution in [3.8, 4) is 0 Å². The van der Waals surface area contributed by atoms with Crippen LogP contribution in [-0.2, 0) is 14.6 Å². The highest BCUT2D eigenvalue weighted by molar-refractivity contribution is 7.94. The second kappa shape index (κ2) is 7.38. The average Bonchev–Trinajstić information content (AvgIpc) is 2.51. The lowest BCUT2D eigenvalue weighted by Gasteiger charge is -2.24. The van der Waals surface area contributed by atoms with E-state index in [2.05, 4.69) is 5.32 Å². The van der Waals surface area contributed by atoms with Crippen LogP contribution in [0.3, 0.4) is 0 Å². The van der Waals surface area contributed by atoms with Crippen LogP contribution in [0.15, 0.2) is 46.7 Å². The maximum atomic E-state index is 11.9. The summed E-state index contributed by atoms with van der Waals surface area (Å²) < 4.78 is 23.9. The molecule has 21 heavy (non-hydrogen) atoms. The fraction of sp³-hybridized carbons (Fsp3) is 0.400. The second-order valence-corrected chi connectivity index (χ2v) is 6.64. The largest absolute Gasteiger partial charge is 0.388 e. The molecule has 0 aromatic heterocycles. The first-order valence-corrected chi connectivity index (χ1v) is 8.36. The highest BCUT2D eigenvalue weighted by atomic mass is 32.2. The molecule has 0 fully saturated rings. The number of carbonyl (C=O) groups excluding carboxylic acids is 1. The summed E-state index contributed by atoms with van der Waals surface area (Å²) in [6.07, 6.45) is 1.99. The summed E-state index contributed by atoms with van der Waals surface area (Å²) in [6, 6.07) is 7.87. The summed E-state index contributed by atoms with van der Waals surface area (Å²) in [5, 5.41) is 13.4. The molecule has 1 aromatic rings. The van der Waals surface area contributed by atoms with Crippen LogP contribution in [0.5, 0.6) is 0 Å². The van der Waals surface area contributed by atoms with Crippen molar-refractivity contribution < 1.29 is 18.3 Å². The van der Waals surface area contributed by atoms with Crippen LogP contribution in [0.4, 0.5) is 0 Å². The zero-order chi connectivity index (χ0) is 15.9. The molecule has 0 atom stereocenters. The average molecular weight is 311 g/mol. The molecule has 0 heterocycles. The molecule has 1 amide bonds. The minimum absolute atomic E-state index is 0.0918. The number of hydrogen-bond donors (Lipinski definition) is 2. The molecule has 6 heteroatoms. The van der Waals surface area contributed by atoms with Crippen LogP contribution in [0.25, 0.3) is 0 Å². The molecule has 1 aromatic carbocycles. The van der Waals surface area contributed by atoms with Gasteiger partial charge in [-0.15, -0.1) is 0 Å². The lowest BCUT2D eigenvalue weighted by molar-refractivity contribution is -0.117. The smallest absolute Gasteiger partial charge is 0.244 e. The monoisotopic (exact) mass is 311 g/mol. The minimum Gasteiger partial charge on any atom is -0.388 e. The Hall–Kier alpha value is -1.66. The number of nitrogens with one attached hydrogen (secondary N) is 1. The van der Waals surface area contributed by atoms with Gasteiger partial charge in [-0.3, -0.25) is 4.79 Å². The van der Waals surface area contributed by atoms with Crippen molar-refractivity contribution >= 4 is 15.7 Å². The van der Waals surface area contributed by atoms with Crippen molar-refractivity contribution in [3.63, 3.8) is 0 Å². The van der Waals surface area contributed by atoms with Crippen molar-refractivity contribution in [1.29, 1.82) is 0 Å². The number of sulfone groups is 1. The minimum atomic E-state index is -3.62. The van der Waals surface area contributed by atoms with E-state index in [0.29, 0.717) is 12.8 Å². The van der Waals surface area contributed by atoms with Gasteiger partial charge in [-0.2, -0.15) is 0 Å². The molecule has 0 aliphatic heterocycles. The van der Waals surface area contributed by atoms with Crippen molar-refractivity contribution in [2.45, 2.75) is 37.2 Å². The number of benzene rings is 1. The van der Waals surface area contributed by atoms with E-state index in [9.17, 15) is 18.3 Å². The van der Waals surface area contributed by atoms with Gasteiger partial charge >= 0.3 is 0 Å². The Balaban J connectivity index is 2.67. The standard InChI is InChI=1S/C15H21NO4S/c1-3-15(18,4-2)12-16-14(17)10-11-21(19,20)13-8-6-5-7-9-13/h5-11,18H,3-4,12H2,1-2H3,(H,16,17). The molecule has 1 rings (SSSR count). The van der Waals surface area contributed by atoms with Gasteiger partial charge in [-0.25, -0.2) is 8.42 Å². The molecule has 0 radical (unpaired) electrons. The number of aliphatic hydroxyl groups is 1. The predicted molar refractivity (Wildman–Crippen MR) is 81.3 cm³/mol. The van der Waals surface area contributed by atoms with Crippen molar-refractivity contribution in [1.82, 2.24) is 5.32 Å². The summed E-state index contributed by atoms with van der Waals surface area (Å²) in [7, 11) is -3.62. The van der Waals surface area contributed by atoms with Gasteiger partial charge in [0.25, 0.3) is 0 Å². The molecule has 0 aliphatic rings. The quantitative estimate of drug-likeness (QED) is 0.750. The van der Waals surface area contributed by atoms with Gasteiger partial charge in [0, 0.05) is 18.0 Å². The van der Waals surface area contributed by atoms with Crippen LogP contribution in [0.2, 0.25) is 0 Å². The molecule has 116 valence electrons. The van der Waals surface area contributed by atoms with E-state index in [-0.39, 0.29) is 11.4 Å². The zero-order valence-corrected chi connectivity index (χ0v) is 13.1. The van der Waals surface area contributed by atoms with Crippen LogP contribution in [0, 0.1) is 0 Å². The lowest BCUT2D eigenvalue weighted by Crippen LogP contribution is -2.41. The van der Waals surface area contributed by atoms with Crippen LogP contribution < -0.4 is 5.32 Å². The van der Waals surface area contributed by atoms with E-state index in [1.807, 2.05) is 13.8 Å². The van der Waals surface area contributed by atoms with Crippen molar-refractivity contribution in [2.75, 3.05) is 6.54 Å². The fourth-order valence-corrected chi connectivity index (χ4v) is 2.65.